The standard InChI is InChI=1S/C20H13ClFN5O/c1-10-14(8-23)19(13-5-4-12(28-2)7-15(13)22)25-20-17(10)18(26-27-20)11-3-6-16(21)24-9-11/h3-7,9H,1-2H3,(H,25,26,27). The molecule has 4 rings (SSSR count). The summed E-state index contributed by atoms with van der Waals surface area (Å²) in [7, 11) is 1.46. The number of aryl methyl sites for hydroxylation is 1. The maximum absolute atomic E-state index is 14.6. The van der Waals surface area contributed by atoms with E-state index in [9.17, 15) is 9.65 Å². The molecule has 6 nitrogen and oxygen atoms in total. The number of H-pyrrole nitrogens is 1. The number of nitrogens with one attached hydrogen (secondary N) is 1. The Kier molecular flexibility index (Phi) is 4.41. The molecule has 3 aromatic heterocycles. The average molecular weight is 394 g/mol. The molecule has 0 atom stereocenters. The second-order valence-electron chi connectivity index (χ2n) is 6.08. The van der Waals surface area contributed by atoms with E-state index in [0.29, 0.717) is 33.2 Å². The first-order valence-electron chi connectivity index (χ1n) is 8.28. The highest BCUT2D eigenvalue weighted by atomic mass is 35.5. The molecule has 4 aromatic rings. The lowest BCUT2D eigenvalue weighted by Gasteiger charge is -2.10. The third-order valence-corrected chi connectivity index (χ3v) is 4.73. The smallest absolute Gasteiger partial charge is 0.182 e. The molecule has 138 valence electrons. The van der Waals surface area contributed by atoms with Crippen LogP contribution in [-0.2, 0) is 0 Å². The first-order chi connectivity index (χ1) is 13.5. The van der Waals surface area contributed by atoms with E-state index in [1.165, 1.54) is 13.2 Å². The summed E-state index contributed by atoms with van der Waals surface area (Å²) in [4.78, 5) is 8.54. The minimum Gasteiger partial charge on any atom is -0.497 e. The SMILES string of the molecule is COc1ccc(-c2nc3n[nH]c(-c4ccc(Cl)nc4)c3c(C)c2C#N)c(F)c1. The monoisotopic (exact) mass is 393 g/mol. The Morgan fingerprint density at radius 2 is 2.07 bits per heavy atom. The number of pyridine rings is 2. The van der Waals surface area contributed by atoms with E-state index in [0.717, 1.165) is 5.56 Å². The van der Waals surface area contributed by atoms with Gasteiger partial charge in [-0.05, 0) is 36.8 Å². The molecule has 0 aliphatic carbocycles. The molecule has 0 fully saturated rings. The van der Waals surface area contributed by atoms with Crippen LogP contribution in [0.1, 0.15) is 11.1 Å². The number of methoxy groups -OCH3 is 1. The van der Waals surface area contributed by atoms with Crippen molar-refractivity contribution in [3.8, 4) is 34.3 Å². The number of ether oxygens (including phenoxy) is 1. The van der Waals surface area contributed by atoms with Gasteiger partial charge in [0, 0.05) is 23.4 Å². The van der Waals surface area contributed by atoms with Crippen LogP contribution in [0.5, 0.6) is 5.75 Å². The van der Waals surface area contributed by atoms with Crippen molar-refractivity contribution in [2.45, 2.75) is 6.92 Å². The van der Waals surface area contributed by atoms with Gasteiger partial charge in [0.25, 0.3) is 0 Å². The topological polar surface area (TPSA) is 87.5 Å². The van der Waals surface area contributed by atoms with Gasteiger partial charge < -0.3 is 4.74 Å². The van der Waals surface area contributed by atoms with Gasteiger partial charge in [-0.15, -0.1) is 0 Å². The summed E-state index contributed by atoms with van der Waals surface area (Å²) in [6, 6.07) is 10.0. The third-order valence-electron chi connectivity index (χ3n) is 4.51. The highest BCUT2D eigenvalue weighted by Crippen LogP contribution is 2.35. The van der Waals surface area contributed by atoms with E-state index >= 15 is 0 Å². The van der Waals surface area contributed by atoms with Crippen LogP contribution < -0.4 is 4.74 Å². The van der Waals surface area contributed by atoms with Crippen LogP contribution in [0.25, 0.3) is 33.5 Å². The van der Waals surface area contributed by atoms with Gasteiger partial charge in [0.2, 0.25) is 0 Å². The number of nitrogens with zero attached hydrogens (tertiary/aromatic N) is 4. The molecule has 28 heavy (non-hydrogen) atoms. The summed E-state index contributed by atoms with van der Waals surface area (Å²) in [5, 5.41) is 18.0. The largest absolute Gasteiger partial charge is 0.497 e. The Morgan fingerprint density at radius 1 is 1.25 bits per heavy atom. The number of benzene rings is 1. The number of fused-ring (bicyclic) bond motifs is 1. The van der Waals surface area contributed by atoms with Gasteiger partial charge >= 0.3 is 0 Å². The lowest BCUT2D eigenvalue weighted by molar-refractivity contribution is 0.411. The molecule has 0 saturated heterocycles. The molecular weight excluding hydrogens is 381 g/mol. The third kappa shape index (κ3) is 2.84. The zero-order valence-electron chi connectivity index (χ0n) is 14.9. The minimum absolute atomic E-state index is 0.208. The van der Waals surface area contributed by atoms with Crippen molar-refractivity contribution < 1.29 is 9.13 Å². The second kappa shape index (κ2) is 6.91. The first kappa shape index (κ1) is 17.9. The number of aromatic nitrogens is 4. The molecule has 0 spiro atoms. The van der Waals surface area contributed by atoms with Gasteiger partial charge in [-0.3, -0.25) is 5.10 Å². The van der Waals surface area contributed by atoms with Gasteiger partial charge in [0.1, 0.15) is 22.8 Å². The Bertz CT molecular complexity index is 1240. The number of hydrogen-bond donors (Lipinski definition) is 1. The molecule has 0 amide bonds. The normalized spacial score (nSPS) is 10.8. The first-order valence-corrected chi connectivity index (χ1v) is 8.66. The fourth-order valence-electron chi connectivity index (χ4n) is 3.11. The Labute approximate surface area is 164 Å². The second-order valence-corrected chi connectivity index (χ2v) is 6.47. The molecule has 0 radical (unpaired) electrons. The summed E-state index contributed by atoms with van der Waals surface area (Å²) in [6.45, 7) is 1.79. The van der Waals surface area contributed by atoms with Crippen LogP contribution in [0.4, 0.5) is 4.39 Å². The Hall–Kier alpha value is -3.50. The highest BCUT2D eigenvalue weighted by molar-refractivity contribution is 6.29. The number of hydrogen-bond acceptors (Lipinski definition) is 5. The maximum atomic E-state index is 14.6. The van der Waals surface area contributed by atoms with Crippen molar-refractivity contribution in [2.24, 2.45) is 0 Å². The predicted molar refractivity (Wildman–Crippen MR) is 104 cm³/mol. The van der Waals surface area contributed by atoms with Gasteiger partial charge in [-0.2, -0.15) is 10.4 Å². The van der Waals surface area contributed by atoms with Crippen LogP contribution in [0, 0.1) is 24.1 Å². The molecule has 0 unspecified atom stereocenters. The molecule has 0 saturated carbocycles. The van der Waals surface area contributed by atoms with Crippen molar-refractivity contribution in [3.63, 3.8) is 0 Å². The maximum Gasteiger partial charge on any atom is 0.182 e. The van der Waals surface area contributed by atoms with Gasteiger partial charge in [0.15, 0.2) is 5.65 Å². The number of aromatic amines is 1. The van der Waals surface area contributed by atoms with Crippen LogP contribution in [0.3, 0.4) is 0 Å². The van der Waals surface area contributed by atoms with E-state index in [1.807, 2.05) is 0 Å². The van der Waals surface area contributed by atoms with Crippen molar-refractivity contribution in [2.75, 3.05) is 7.11 Å². The van der Waals surface area contributed by atoms with Gasteiger partial charge in [-0.25, -0.2) is 14.4 Å². The zero-order chi connectivity index (χ0) is 19.8. The van der Waals surface area contributed by atoms with Crippen LogP contribution >= 0.6 is 11.6 Å². The number of nitriles is 1. The van der Waals surface area contributed by atoms with Crippen molar-refractivity contribution in [1.82, 2.24) is 20.2 Å². The number of rotatable bonds is 3. The quantitative estimate of drug-likeness (QED) is 0.511. The molecular formula is C20H13ClFN5O. The van der Waals surface area contributed by atoms with E-state index in [2.05, 4.69) is 26.2 Å². The molecule has 8 heteroatoms. The molecule has 0 aliphatic heterocycles. The summed E-state index contributed by atoms with van der Waals surface area (Å²) in [6.07, 6.45) is 1.61. The fourth-order valence-corrected chi connectivity index (χ4v) is 3.22. The lowest BCUT2D eigenvalue weighted by atomic mass is 9.98. The summed E-state index contributed by atoms with van der Waals surface area (Å²) in [5.41, 5.74) is 3.18. The van der Waals surface area contributed by atoms with E-state index in [4.69, 9.17) is 16.3 Å². The Balaban J connectivity index is 1.97. The van der Waals surface area contributed by atoms with Crippen LogP contribution in [-0.4, -0.2) is 27.3 Å². The predicted octanol–water partition coefficient (Wildman–Crippen LogP) is 4.67. The summed E-state index contributed by atoms with van der Waals surface area (Å²) in [5.74, 6) is -0.144. The molecule has 1 aromatic carbocycles. The van der Waals surface area contributed by atoms with Crippen molar-refractivity contribution in [3.05, 3.63) is 58.6 Å². The molecule has 0 aliphatic rings. The van der Waals surface area contributed by atoms with E-state index in [-0.39, 0.29) is 16.8 Å². The lowest BCUT2D eigenvalue weighted by Crippen LogP contribution is -1.98. The Morgan fingerprint density at radius 3 is 2.71 bits per heavy atom. The molecule has 3 heterocycles. The van der Waals surface area contributed by atoms with Gasteiger partial charge in [-0.1, -0.05) is 11.6 Å². The van der Waals surface area contributed by atoms with E-state index < -0.39 is 5.82 Å². The van der Waals surface area contributed by atoms with Crippen LogP contribution in [0.15, 0.2) is 36.5 Å². The summed E-state index contributed by atoms with van der Waals surface area (Å²) >= 11 is 5.86. The molecule has 1 N–H and O–H groups in total. The highest BCUT2D eigenvalue weighted by Gasteiger charge is 2.21. The van der Waals surface area contributed by atoms with Crippen LogP contribution in [0.2, 0.25) is 5.15 Å². The summed E-state index contributed by atoms with van der Waals surface area (Å²) < 4.78 is 19.6. The minimum atomic E-state index is -0.528. The van der Waals surface area contributed by atoms with Gasteiger partial charge in [0.05, 0.1) is 29.4 Å². The fraction of sp³-hybridized carbons (Fsp3) is 0.100. The average Bonchev–Trinajstić information content (AvgIpc) is 3.12. The van der Waals surface area contributed by atoms with E-state index in [1.54, 1.807) is 37.4 Å². The number of halogens is 2. The van der Waals surface area contributed by atoms with Crippen molar-refractivity contribution >= 4 is 22.6 Å². The zero-order valence-corrected chi connectivity index (χ0v) is 15.7. The molecule has 0 bridgehead atoms. The van der Waals surface area contributed by atoms with Crippen molar-refractivity contribution in [1.29, 1.82) is 5.26 Å².